The van der Waals surface area contributed by atoms with Crippen molar-refractivity contribution in [3.63, 3.8) is 0 Å². The normalized spacial score (nSPS) is 22.1. The summed E-state index contributed by atoms with van der Waals surface area (Å²) < 4.78 is 10.8. The molecule has 20 heavy (non-hydrogen) atoms. The number of carbonyl (C=O) groups excluding carboxylic acids is 1. The molecular formula is C14H25NO5. The molecule has 0 bridgehead atoms. The first-order chi connectivity index (χ1) is 9.19. The molecule has 0 spiro atoms. The highest BCUT2D eigenvalue weighted by atomic mass is 16.6. The maximum atomic E-state index is 11.8. The molecule has 1 aliphatic rings. The first-order valence-electron chi connectivity index (χ1n) is 7.02. The number of aliphatic carboxylic acids is 1. The number of hydrogen-bond acceptors (Lipinski definition) is 4. The van der Waals surface area contributed by atoms with E-state index in [0.717, 1.165) is 12.8 Å². The van der Waals surface area contributed by atoms with Gasteiger partial charge in [0.2, 0.25) is 0 Å². The fourth-order valence-corrected chi connectivity index (χ4v) is 2.37. The van der Waals surface area contributed by atoms with Crippen molar-refractivity contribution in [2.75, 3.05) is 6.61 Å². The summed E-state index contributed by atoms with van der Waals surface area (Å²) in [5.74, 6) is -1.13. The van der Waals surface area contributed by atoms with Gasteiger partial charge in [0, 0.05) is 18.6 Å². The van der Waals surface area contributed by atoms with E-state index in [1.54, 1.807) is 27.7 Å². The molecule has 0 aromatic carbocycles. The Morgan fingerprint density at radius 3 is 2.55 bits per heavy atom. The lowest BCUT2D eigenvalue weighted by Crippen LogP contribution is -2.45. The minimum atomic E-state index is -0.886. The zero-order valence-corrected chi connectivity index (χ0v) is 12.6. The van der Waals surface area contributed by atoms with Gasteiger partial charge in [-0.25, -0.2) is 4.79 Å². The van der Waals surface area contributed by atoms with Gasteiger partial charge in [-0.2, -0.15) is 0 Å². The fraction of sp³-hybridized carbons (Fsp3) is 0.857. The summed E-state index contributed by atoms with van der Waals surface area (Å²) in [5.41, 5.74) is -0.573. The Kier molecular flexibility index (Phi) is 5.80. The SMILES string of the molecule is C[C@H](NC(=O)OC(C)(C)C)[C@@H](CC(=O)O)[C@H]1CCCO1. The van der Waals surface area contributed by atoms with E-state index in [1.807, 2.05) is 0 Å². The Labute approximate surface area is 119 Å². The molecule has 2 N–H and O–H groups in total. The van der Waals surface area contributed by atoms with Crippen molar-refractivity contribution in [3.8, 4) is 0 Å². The molecule has 6 nitrogen and oxygen atoms in total. The average molecular weight is 287 g/mol. The van der Waals surface area contributed by atoms with Crippen molar-refractivity contribution in [3.05, 3.63) is 0 Å². The Morgan fingerprint density at radius 2 is 2.10 bits per heavy atom. The van der Waals surface area contributed by atoms with E-state index in [2.05, 4.69) is 5.32 Å². The van der Waals surface area contributed by atoms with E-state index in [-0.39, 0.29) is 24.5 Å². The third kappa shape index (κ3) is 5.77. The van der Waals surface area contributed by atoms with E-state index in [9.17, 15) is 9.59 Å². The average Bonchev–Trinajstić information content (AvgIpc) is 2.75. The summed E-state index contributed by atoms with van der Waals surface area (Å²) in [4.78, 5) is 22.7. The molecule has 6 heteroatoms. The van der Waals surface area contributed by atoms with E-state index in [4.69, 9.17) is 14.6 Å². The fourth-order valence-electron chi connectivity index (χ4n) is 2.37. The van der Waals surface area contributed by atoms with Crippen LogP contribution in [0.5, 0.6) is 0 Å². The van der Waals surface area contributed by atoms with Crippen LogP contribution in [-0.4, -0.2) is 41.5 Å². The molecule has 116 valence electrons. The van der Waals surface area contributed by atoms with E-state index < -0.39 is 17.7 Å². The first-order valence-corrected chi connectivity index (χ1v) is 7.02. The van der Waals surface area contributed by atoms with Crippen molar-refractivity contribution >= 4 is 12.1 Å². The second-order valence-electron chi connectivity index (χ2n) is 6.25. The smallest absolute Gasteiger partial charge is 0.407 e. The molecule has 0 aliphatic carbocycles. The van der Waals surface area contributed by atoms with Crippen molar-refractivity contribution in [2.24, 2.45) is 5.92 Å². The first kappa shape index (κ1) is 16.8. The van der Waals surface area contributed by atoms with E-state index in [1.165, 1.54) is 0 Å². The number of hydrogen-bond donors (Lipinski definition) is 2. The van der Waals surface area contributed by atoms with Crippen LogP contribution in [-0.2, 0) is 14.3 Å². The summed E-state index contributed by atoms with van der Waals surface area (Å²) in [7, 11) is 0. The third-order valence-corrected chi connectivity index (χ3v) is 3.24. The van der Waals surface area contributed by atoms with Gasteiger partial charge in [-0.05, 0) is 40.5 Å². The Hall–Kier alpha value is -1.30. The molecular weight excluding hydrogens is 262 g/mol. The zero-order chi connectivity index (χ0) is 15.3. The molecule has 1 heterocycles. The highest BCUT2D eigenvalue weighted by molar-refractivity contribution is 5.69. The molecule has 1 fully saturated rings. The number of nitrogens with one attached hydrogen (secondary N) is 1. The van der Waals surface area contributed by atoms with Crippen molar-refractivity contribution < 1.29 is 24.2 Å². The van der Waals surface area contributed by atoms with Gasteiger partial charge in [0.05, 0.1) is 12.5 Å². The van der Waals surface area contributed by atoms with E-state index >= 15 is 0 Å². The number of ether oxygens (including phenoxy) is 2. The number of carbonyl (C=O) groups is 2. The zero-order valence-electron chi connectivity index (χ0n) is 12.6. The lowest BCUT2D eigenvalue weighted by atomic mass is 9.90. The molecule has 1 aliphatic heterocycles. The van der Waals surface area contributed by atoms with Gasteiger partial charge < -0.3 is 19.9 Å². The number of carboxylic acid groups (broad SMARTS) is 1. The van der Waals surface area contributed by atoms with Crippen LogP contribution in [0.25, 0.3) is 0 Å². The van der Waals surface area contributed by atoms with Gasteiger partial charge in [0.15, 0.2) is 0 Å². The highest BCUT2D eigenvalue weighted by Crippen LogP contribution is 2.26. The monoisotopic (exact) mass is 287 g/mol. The summed E-state index contributed by atoms with van der Waals surface area (Å²) in [6.07, 6.45) is 1.09. The van der Waals surface area contributed by atoms with Gasteiger partial charge in [-0.1, -0.05) is 0 Å². The maximum Gasteiger partial charge on any atom is 0.407 e. The molecule has 0 radical (unpaired) electrons. The highest BCUT2D eigenvalue weighted by Gasteiger charge is 2.33. The van der Waals surface area contributed by atoms with Gasteiger partial charge in [-0.3, -0.25) is 4.79 Å². The molecule has 0 unspecified atom stereocenters. The van der Waals surface area contributed by atoms with Crippen LogP contribution < -0.4 is 5.32 Å². The molecule has 3 atom stereocenters. The number of alkyl carbamates (subject to hydrolysis) is 1. The Bertz CT molecular complexity index is 344. The van der Waals surface area contributed by atoms with Crippen molar-refractivity contribution in [2.45, 2.75) is 64.7 Å². The lowest BCUT2D eigenvalue weighted by molar-refractivity contribution is -0.139. The van der Waals surface area contributed by atoms with Crippen molar-refractivity contribution in [1.29, 1.82) is 0 Å². The van der Waals surface area contributed by atoms with Crippen LogP contribution in [0, 0.1) is 5.92 Å². The van der Waals surface area contributed by atoms with Crippen LogP contribution in [0.15, 0.2) is 0 Å². The van der Waals surface area contributed by atoms with Gasteiger partial charge in [-0.15, -0.1) is 0 Å². The Balaban J connectivity index is 2.60. The summed E-state index contributed by atoms with van der Waals surface area (Å²) >= 11 is 0. The molecule has 1 amide bonds. The molecule has 1 rings (SSSR count). The predicted molar refractivity (Wildman–Crippen MR) is 73.5 cm³/mol. The molecule has 0 aromatic heterocycles. The van der Waals surface area contributed by atoms with Gasteiger partial charge in [0.25, 0.3) is 0 Å². The van der Waals surface area contributed by atoms with E-state index in [0.29, 0.717) is 6.61 Å². The number of rotatable bonds is 5. The summed E-state index contributed by atoms with van der Waals surface area (Å²) in [5, 5.41) is 11.7. The predicted octanol–water partition coefficient (Wildman–Crippen LogP) is 2.17. The van der Waals surface area contributed by atoms with Crippen molar-refractivity contribution in [1.82, 2.24) is 5.32 Å². The Morgan fingerprint density at radius 1 is 1.45 bits per heavy atom. The summed E-state index contributed by atoms with van der Waals surface area (Å²) in [6.45, 7) is 7.79. The standard InChI is InChI=1S/C14H25NO5/c1-9(15-13(18)20-14(2,3)4)10(8-12(16)17)11-6-5-7-19-11/h9-11H,5-8H2,1-4H3,(H,15,18)(H,16,17)/t9-,10+,11+/m0/s1. The largest absolute Gasteiger partial charge is 0.481 e. The lowest BCUT2D eigenvalue weighted by Gasteiger charge is -2.29. The minimum Gasteiger partial charge on any atom is -0.481 e. The quantitative estimate of drug-likeness (QED) is 0.809. The van der Waals surface area contributed by atoms with Crippen LogP contribution in [0.4, 0.5) is 4.79 Å². The number of amides is 1. The topological polar surface area (TPSA) is 84.9 Å². The second kappa shape index (κ2) is 6.92. The number of carboxylic acids is 1. The summed E-state index contributed by atoms with van der Waals surface area (Å²) in [6, 6.07) is -0.316. The van der Waals surface area contributed by atoms with Gasteiger partial charge in [0.1, 0.15) is 5.60 Å². The molecule has 1 saturated heterocycles. The van der Waals surface area contributed by atoms with Crippen LogP contribution in [0.1, 0.15) is 47.0 Å². The third-order valence-electron chi connectivity index (χ3n) is 3.24. The maximum absolute atomic E-state index is 11.8. The van der Waals surface area contributed by atoms with Crippen LogP contribution in [0.3, 0.4) is 0 Å². The van der Waals surface area contributed by atoms with Gasteiger partial charge >= 0.3 is 12.1 Å². The second-order valence-corrected chi connectivity index (χ2v) is 6.25. The molecule has 0 saturated carbocycles. The molecule has 0 aromatic rings. The van der Waals surface area contributed by atoms with Crippen LogP contribution >= 0.6 is 0 Å². The minimum absolute atomic E-state index is 0.0262. The van der Waals surface area contributed by atoms with Crippen LogP contribution in [0.2, 0.25) is 0 Å².